The van der Waals surface area contributed by atoms with Crippen LogP contribution in [-0.4, -0.2) is 91.1 Å². The van der Waals surface area contributed by atoms with Gasteiger partial charge >= 0.3 is 6.09 Å². The molecule has 2 aromatic rings. The number of nitrogens with zero attached hydrogens (tertiary/aromatic N) is 3. The SMILES string of the molecule is CC(C)NC(=O)C1CCN(Cc2ccc(C(=O)N(C)CCN3CCC(OC(=O)NC4=CC=CC=C(c5ccccc5)C4)CC3)cc2)CC1.[HH].[HH]. The molecule has 0 atom stereocenters. The van der Waals surface area contributed by atoms with Gasteiger partial charge in [0, 0.05) is 72.3 Å². The number of likely N-dealkylation sites (N-methyl/N-ethyl adjacent to an activating group) is 1. The second-order valence-corrected chi connectivity index (χ2v) is 13.5. The van der Waals surface area contributed by atoms with Crippen molar-refractivity contribution in [1.29, 1.82) is 0 Å². The maximum Gasteiger partial charge on any atom is 0.411 e. The van der Waals surface area contributed by atoms with Crippen molar-refractivity contribution in [1.82, 2.24) is 25.3 Å². The zero-order chi connectivity index (χ0) is 33.9. The molecule has 2 aromatic carbocycles. The monoisotopic (exact) mass is 657 g/mol. The topological polar surface area (TPSA) is 94.2 Å². The summed E-state index contributed by atoms with van der Waals surface area (Å²) in [5, 5.41) is 5.99. The molecule has 2 heterocycles. The van der Waals surface area contributed by atoms with Gasteiger partial charge in [-0.05, 0) is 87.5 Å². The summed E-state index contributed by atoms with van der Waals surface area (Å²) < 4.78 is 5.79. The highest BCUT2D eigenvalue weighted by Gasteiger charge is 2.26. The van der Waals surface area contributed by atoms with E-state index in [4.69, 9.17) is 4.74 Å². The molecule has 260 valence electrons. The molecule has 2 fully saturated rings. The number of hydrogen-bond donors (Lipinski definition) is 2. The quantitative estimate of drug-likeness (QED) is 0.303. The molecule has 0 bridgehead atoms. The third-order valence-corrected chi connectivity index (χ3v) is 9.40. The van der Waals surface area contributed by atoms with Crippen LogP contribution in [0.25, 0.3) is 5.57 Å². The summed E-state index contributed by atoms with van der Waals surface area (Å²) in [5.74, 6) is 0.290. The first kappa shape index (κ1) is 35.1. The highest BCUT2D eigenvalue weighted by molar-refractivity contribution is 5.94. The van der Waals surface area contributed by atoms with Crippen molar-refractivity contribution in [2.24, 2.45) is 5.92 Å². The fourth-order valence-electron chi connectivity index (χ4n) is 6.55. The van der Waals surface area contributed by atoms with Crippen LogP contribution in [0, 0.1) is 5.92 Å². The second-order valence-electron chi connectivity index (χ2n) is 13.5. The first-order valence-electron chi connectivity index (χ1n) is 17.4. The number of allylic oxidation sites excluding steroid dienone is 5. The fraction of sp³-hybridized carbons (Fsp3) is 0.462. The smallest absolute Gasteiger partial charge is 0.411 e. The number of rotatable bonds is 11. The van der Waals surface area contributed by atoms with Gasteiger partial charge in [-0.2, -0.15) is 0 Å². The lowest BCUT2D eigenvalue weighted by Gasteiger charge is -2.32. The van der Waals surface area contributed by atoms with Crippen molar-refractivity contribution in [3.63, 3.8) is 0 Å². The maximum atomic E-state index is 13.1. The Bertz CT molecular complexity index is 1480. The summed E-state index contributed by atoms with van der Waals surface area (Å²) >= 11 is 0. The van der Waals surface area contributed by atoms with E-state index in [9.17, 15) is 14.4 Å². The van der Waals surface area contributed by atoms with Crippen molar-refractivity contribution < 1.29 is 22.0 Å². The summed E-state index contributed by atoms with van der Waals surface area (Å²) in [7, 11) is 1.85. The second kappa shape index (κ2) is 17.3. The Morgan fingerprint density at radius 2 is 1.56 bits per heavy atom. The Labute approximate surface area is 288 Å². The molecular weight excluding hydrogens is 602 g/mol. The summed E-state index contributed by atoms with van der Waals surface area (Å²) in [5.41, 5.74) is 4.95. The van der Waals surface area contributed by atoms with Crippen LogP contribution in [-0.2, 0) is 16.1 Å². The van der Waals surface area contributed by atoms with Crippen molar-refractivity contribution in [2.45, 2.75) is 64.6 Å². The van der Waals surface area contributed by atoms with Gasteiger partial charge in [-0.25, -0.2) is 4.79 Å². The Hall–Kier alpha value is -4.21. The average Bonchev–Trinajstić information content (AvgIpc) is 3.33. The van der Waals surface area contributed by atoms with Crippen LogP contribution < -0.4 is 10.6 Å². The van der Waals surface area contributed by atoms with E-state index in [0.717, 1.165) is 81.8 Å². The molecule has 5 rings (SSSR count). The van der Waals surface area contributed by atoms with E-state index < -0.39 is 6.09 Å². The van der Waals surface area contributed by atoms with Gasteiger partial charge in [0.05, 0.1) is 0 Å². The van der Waals surface area contributed by atoms with Crippen molar-refractivity contribution in [3.8, 4) is 0 Å². The first-order chi connectivity index (χ1) is 23.2. The van der Waals surface area contributed by atoms with Gasteiger partial charge in [0.2, 0.25) is 5.91 Å². The van der Waals surface area contributed by atoms with E-state index >= 15 is 0 Å². The molecule has 0 aromatic heterocycles. The highest BCUT2D eigenvalue weighted by Crippen LogP contribution is 2.24. The molecule has 0 spiro atoms. The molecule has 3 amide bonds. The molecule has 3 aliphatic rings. The predicted octanol–water partition coefficient (Wildman–Crippen LogP) is 6.11. The van der Waals surface area contributed by atoms with E-state index in [0.29, 0.717) is 18.5 Å². The minimum Gasteiger partial charge on any atom is -0.446 e. The van der Waals surface area contributed by atoms with Crippen LogP contribution in [0.3, 0.4) is 0 Å². The van der Waals surface area contributed by atoms with Gasteiger partial charge in [-0.3, -0.25) is 19.8 Å². The van der Waals surface area contributed by atoms with Crippen molar-refractivity contribution in [3.05, 3.63) is 101 Å². The first-order valence-corrected chi connectivity index (χ1v) is 17.4. The summed E-state index contributed by atoms with van der Waals surface area (Å²) in [6, 6.07) is 18.3. The van der Waals surface area contributed by atoms with Gasteiger partial charge in [-0.1, -0.05) is 60.7 Å². The number of nitrogens with one attached hydrogen (secondary N) is 2. The third-order valence-electron chi connectivity index (χ3n) is 9.40. The Kier molecular flexibility index (Phi) is 12.6. The van der Waals surface area contributed by atoms with Gasteiger partial charge in [0.15, 0.2) is 0 Å². The fourth-order valence-corrected chi connectivity index (χ4v) is 6.55. The molecule has 2 saturated heterocycles. The van der Waals surface area contributed by atoms with Crippen LogP contribution in [0.4, 0.5) is 4.79 Å². The summed E-state index contributed by atoms with van der Waals surface area (Å²) in [6.07, 6.45) is 11.3. The molecule has 2 N–H and O–H groups in total. The highest BCUT2D eigenvalue weighted by atomic mass is 16.6. The zero-order valence-electron chi connectivity index (χ0n) is 28.7. The Morgan fingerprint density at radius 1 is 0.896 bits per heavy atom. The van der Waals surface area contributed by atoms with Crippen molar-refractivity contribution >= 4 is 23.5 Å². The number of piperidine rings is 2. The number of benzene rings is 2. The van der Waals surface area contributed by atoms with Gasteiger partial charge < -0.3 is 19.9 Å². The zero-order valence-corrected chi connectivity index (χ0v) is 28.7. The van der Waals surface area contributed by atoms with Crippen LogP contribution in [0.5, 0.6) is 0 Å². The third kappa shape index (κ3) is 10.4. The minimum absolute atomic E-state index is 0. The standard InChI is InChI=1S/C39H51N5O4.2H2/c1-29(2)40-37(45)32-17-21-44(22-18-32)28-30-13-15-33(16-14-30)38(46)42(3)25-26-43-23-19-36(20-24-43)48-39(47)41-35-12-8-7-11-34(27-35)31-9-5-4-6-10-31;;/h4-16,29,32,36H,17-28H2,1-3H3,(H,40,45)(H,41,47);2*1H. The lowest BCUT2D eigenvalue weighted by Crippen LogP contribution is -2.43. The van der Waals surface area contributed by atoms with E-state index in [-0.39, 0.29) is 32.7 Å². The van der Waals surface area contributed by atoms with Crippen LogP contribution >= 0.6 is 0 Å². The predicted molar refractivity (Wildman–Crippen MR) is 194 cm³/mol. The van der Waals surface area contributed by atoms with Crippen LogP contribution in [0.15, 0.2) is 84.6 Å². The molecule has 0 saturated carbocycles. The number of amides is 3. The van der Waals surface area contributed by atoms with Crippen LogP contribution in [0.2, 0.25) is 0 Å². The molecule has 48 heavy (non-hydrogen) atoms. The normalized spacial score (nSPS) is 18.1. The lowest BCUT2D eigenvalue weighted by molar-refractivity contribution is -0.127. The molecule has 0 unspecified atom stereocenters. The molecule has 0 radical (unpaired) electrons. The summed E-state index contributed by atoms with van der Waals surface area (Å²) in [4.78, 5) is 44.7. The Morgan fingerprint density at radius 3 is 2.25 bits per heavy atom. The molecule has 9 nitrogen and oxygen atoms in total. The van der Waals surface area contributed by atoms with Gasteiger partial charge in [0.25, 0.3) is 5.91 Å². The lowest BCUT2D eigenvalue weighted by atomic mass is 9.95. The number of ether oxygens (including phenoxy) is 1. The largest absolute Gasteiger partial charge is 0.446 e. The molecule has 9 heteroatoms. The van der Waals surface area contributed by atoms with Crippen LogP contribution in [0.1, 0.15) is 70.3 Å². The Balaban J connectivity index is 0.00000338. The van der Waals surface area contributed by atoms with Gasteiger partial charge in [-0.15, -0.1) is 0 Å². The van der Waals surface area contributed by atoms with Crippen molar-refractivity contribution in [2.75, 3.05) is 46.3 Å². The number of alkyl carbamates (subject to hydrolysis) is 1. The molecular formula is C39H55N5O4. The van der Waals surface area contributed by atoms with E-state index in [1.807, 2.05) is 81.6 Å². The maximum absolute atomic E-state index is 13.1. The number of likely N-dealkylation sites (tertiary alicyclic amines) is 2. The molecule has 1 aliphatic carbocycles. The van der Waals surface area contributed by atoms with Gasteiger partial charge in [0.1, 0.15) is 6.10 Å². The van der Waals surface area contributed by atoms with E-state index in [1.54, 1.807) is 4.90 Å². The minimum atomic E-state index is -0.408. The number of carbonyl (C=O) groups is 3. The van der Waals surface area contributed by atoms with E-state index in [2.05, 4.69) is 38.6 Å². The number of hydrogen-bond acceptors (Lipinski definition) is 6. The average molecular weight is 658 g/mol. The number of carbonyl (C=O) groups excluding carboxylic acids is 3. The molecule has 2 aliphatic heterocycles. The van der Waals surface area contributed by atoms with E-state index in [1.165, 1.54) is 5.56 Å². The summed E-state index contributed by atoms with van der Waals surface area (Å²) in [6.45, 7) is 9.67.